The van der Waals surface area contributed by atoms with E-state index >= 15 is 0 Å². The van der Waals surface area contributed by atoms with E-state index < -0.39 is 17.6 Å². The van der Waals surface area contributed by atoms with Gasteiger partial charge in [-0.25, -0.2) is 4.79 Å². The Morgan fingerprint density at radius 1 is 1.35 bits per heavy atom. The molecule has 0 amide bonds. The van der Waals surface area contributed by atoms with Crippen LogP contribution in [0.4, 0.5) is 0 Å². The third-order valence-electron chi connectivity index (χ3n) is 2.82. The molecule has 0 aliphatic rings. The summed E-state index contributed by atoms with van der Waals surface area (Å²) >= 11 is 3.33. The Hall–Kier alpha value is -1.56. The molecule has 2 aromatic rings. The lowest BCUT2D eigenvalue weighted by Gasteiger charge is -2.23. The van der Waals surface area contributed by atoms with E-state index in [9.17, 15) is 9.59 Å². The predicted molar refractivity (Wildman–Crippen MR) is 79.9 cm³/mol. The molecular formula is C14H17BrN2O3. The number of halogens is 1. The fraction of sp³-hybridized carbons (Fsp3) is 0.429. The van der Waals surface area contributed by atoms with E-state index in [1.807, 2.05) is 0 Å². The zero-order valence-electron chi connectivity index (χ0n) is 11.9. The van der Waals surface area contributed by atoms with E-state index in [1.165, 1.54) is 4.57 Å². The lowest BCUT2D eigenvalue weighted by molar-refractivity contribution is -0.158. The van der Waals surface area contributed by atoms with E-state index in [0.29, 0.717) is 5.52 Å². The summed E-state index contributed by atoms with van der Waals surface area (Å²) in [6.07, 6.45) is 5.12. The number of fused-ring (bicyclic) bond motifs is 1. The summed E-state index contributed by atoms with van der Waals surface area (Å²) in [4.78, 5) is 24.4. The van der Waals surface area contributed by atoms with E-state index in [4.69, 9.17) is 4.74 Å². The van der Waals surface area contributed by atoms with Crippen LogP contribution in [0.2, 0.25) is 0 Å². The molecule has 0 spiro atoms. The van der Waals surface area contributed by atoms with Gasteiger partial charge in [0.15, 0.2) is 0 Å². The number of carbonyl (C=O) groups is 1. The molecule has 2 aromatic heterocycles. The molecule has 2 rings (SSSR count). The predicted octanol–water partition coefficient (Wildman–Crippen LogP) is 2.77. The minimum Gasteiger partial charge on any atom is -0.458 e. The highest BCUT2D eigenvalue weighted by atomic mass is 79.9. The molecule has 20 heavy (non-hydrogen) atoms. The normalized spacial score (nSPS) is 13.4. The van der Waals surface area contributed by atoms with E-state index in [1.54, 1.807) is 56.8 Å². The standard InChI is InChI=1S/C14H17BrN2O3/c1-9(13(19)20-14(2,3)4)17-6-5-16-8-10(15)7-11(16)12(17)18/h5-9H,1-4H3/t9-/m1/s1. The zero-order valence-corrected chi connectivity index (χ0v) is 13.5. The van der Waals surface area contributed by atoms with Crippen LogP contribution < -0.4 is 5.56 Å². The van der Waals surface area contributed by atoms with Gasteiger partial charge < -0.3 is 9.14 Å². The summed E-state index contributed by atoms with van der Waals surface area (Å²) in [7, 11) is 0. The second-order valence-electron chi connectivity index (χ2n) is 5.67. The minimum absolute atomic E-state index is 0.225. The lowest BCUT2D eigenvalue weighted by atomic mass is 10.2. The highest BCUT2D eigenvalue weighted by Crippen LogP contribution is 2.16. The second kappa shape index (κ2) is 5.09. The van der Waals surface area contributed by atoms with Crippen LogP contribution >= 0.6 is 15.9 Å². The third-order valence-corrected chi connectivity index (χ3v) is 3.26. The zero-order chi connectivity index (χ0) is 15.1. The largest absolute Gasteiger partial charge is 0.458 e. The molecule has 0 saturated carbocycles. The van der Waals surface area contributed by atoms with Gasteiger partial charge in [-0.3, -0.25) is 9.36 Å². The van der Waals surface area contributed by atoms with Gasteiger partial charge in [0.1, 0.15) is 17.2 Å². The van der Waals surface area contributed by atoms with Gasteiger partial charge in [-0.2, -0.15) is 0 Å². The van der Waals surface area contributed by atoms with Crippen molar-refractivity contribution in [1.29, 1.82) is 0 Å². The molecule has 0 aliphatic carbocycles. The number of carbonyl (C=O) groups excluding carboxylic acids is 1. The van der Waals surface area contributed by atoms with Crippen LogP contribution in [0.25, 0.3) is 5.52 Å². The first kappa shape index (κ1) is 14.8. The first-order valence-electron chi connectivity index (χ1n) is 6.30. The summed E-state index contributed by atoms with van der Waals surface area (Å²) in [5.41, 5.74) is -0.289. The van der Waals surface area contributed by atoms with Gasteiger partial charge in [0.05, 0.1) is 0 Å². The smallest absolute Gasteiger partial charge is 0.329 e. The summed E-state index contributed by atoms with van der Waals surface area (Å²) in [5.74, 6) is -0.422. The molecule has 0 N–H and O–H groups in total. The molecule has 5 nitrogen and oxygen atoms in total. The van der Waals surface area contributed by atoms with Crippen molar-refractivity contribution in [2.75, 3.05) is 0 Å². The van der Waals surface area contributed by atoms with Crippen LogP contribution in [-0.2, 0) is 9.53 Å². The fourth-order valence-corrected chi connectivity index (χ4v) is 2.33. The Balaban J connectivity index is 2.40. The number of nitrogens with zero attached hydrogens (tertiary/aromatic N) is 2. The number of aromatic nitrogens is 2. The van der Waals surface area contributed by atoms with Crippen molar-refractivity contribution < 1.29 is 9.53 Å². The minimum atomic E-state index is -0.666. The van der Waals surface area contributed by atoms with Gasteiger partial charge in [-0.1, -0.05) is 0 Å². The van der Waals surface area contributed by atoms with E-state index in [0.717, 1.165) is 4.47 Å². The first-order chi connectivity index (χ1) is 9.19. The summed E-state index contributed by atoms with van der Waals surface area (Å²) < 4.78 is 9.23. The number of rotatable bonds is 2. The topological polar surface area (TPSA) is 52.7 Å². The van der Waals surface area contributed by atoms with Gasteiger partial charge in [-0.05, 0) is 49.7 Å². The molecule has 2 heterocycles. The molecule has 0 aliphatic heterocycles. The van der Waals surface area contributed by atoms with Crippen LogP contribution in [0.3, 0.4) is 0 Å². The van der Waals surface area contributed by atoms with Crippen LogP contribution in [0.15, 0.2) is 33.9 Å². The number of hydrogen-bond acceptors (Lipinski definition) is 3. The second-order valence-corrected chi connectivity index (χ2v) is 6.59. The summed E-state index contributed by atoms with van der Waals surface area (Å²) in [6.45, 7) is 7.05. The average molecular weight is 341 g/mol. The quantitative estimate of drug-likeness (QED) is 0.790. The van der Waals surface area contributed by atoms with Crippen molar-refractivity contribution in [3.63, 3.8) is 0 Å². The number of esters is 1. The van der Waals surface area contributed by atoms with Crippen molar-refractivity contribution in [2.24, 2.45) is 0 Å². The maximum absolute atomic E-state index is 12.4. The maximum atomic E-state index is 12.4. The lowest BCUT2D eigenvalue weighted by Crippen LogP contribution is -2.33. The van der Waals surface area contributed by atoms with Gasteiger partial charge in [-0.15, -0.1) is 0 Å². The van der Waals surface area contributed by atoms with E-state index in [2.05, 4.69) is 15.9 Å². The maximum Gasteiger partial charge on any atom is 0.329 e. The molecule has 0 saturated heterocycles. The first-order valence-corrected chi connectivity index (χ1v) is 7.09. The Morgan fingerprint density at radius 3 is 2.60 bits per heavy atom. The molecule has 0 radical (unpaired) electrons. The molecule has 108 valence electrons. The van der Waals surface area contributed by atoms with Crippen molar-refractivity contribution in [3.8, 4) is 0 Å². The Labute approximate surface area is 125 Å². The van der Waals surface area contributed by atoms with Gasteiger partial charge in [0.25, 0.3) is 5.56 Å². The summed E-state index contributed by atoms with van der Waals surface area (Å²) in [6, 6.07) is 1.06. The van der Waals surface area contributed by atoms with Crippen LogP contribution in [0, 0.1) is 0 Å². The molecule has 0 unspecified atom stereocenters. The molecule has 6 heteroatoms. The SMILES string of the molecule is C[C@H](C(=O)OC(C)(C)C)n1ccn2cc(Br)cc2c1=O. The summed E-state index contributed by atoms with van der Waals surface area (Å²) in [5, 5.41) is 0. The van der Waals surface area contributed by atoms with E-state index in [-0.39, 0.29) is 5.56 Å². The van der Waals surface area contributed by atoms with Crippen molar-refractivity contribution >= 4 is 27.4 Å². The molecular weight excluding hydrogens is 324 g/mol. The monoisotopic (exact) mass is 340 g/mol. The van der Waals surface area contributed by atoms with Crippen LogP contribution in [0.1, 0.15) is 33.7 Å². The third kappa shape index (κ3) is 2.95. The number of hydrogen-bond donors (Lipinski definition) is 0. The highest BCUT2D eigenvalue weighted by molar-refractivity contribution is 9.10. The molecule has 0 bridgehead atoms. The van der Waals surface area contributed by atoms with Gasteiger partial charge in [0, 0.05) is 23.1 Å². The average Bonchev–Trinajstić information content (AvgIpc) is 2.68. The van der Waals surface area contributed by atoms with Gasteiger partial charge in [0.2, 0.25) is 0 Å². The number of ether oxygens (including phenoxy) is 1. The van der Waals surface area contributed by atoms with Gasteiger partial charge >= 0.3 is 5.97 Å². The van der Waals surface area contributed by atoms with Crippen molar-refractivity contribution in [2.45, 2.75) is 39.3 Å². The van der Waals surface area contributed by atoms with Crippen LogP contribution in [0.5, 0.6) is 0 Å². The Kier molecular flexibility index (Phi) is 3.77. The Morgan fingerprint density at radius 2 is 2.00 bits per heavy atom. The van der Waals surface area contributed by atoms with Crippen molar-refractivity contribution in [1.82, 2.24) is 8.97 Å². The molecule has 0 fully saturated rings. The molecule has 1 atom stereocenters. The van der Waals surface area contributed by atoms with Crippen LogP contribution in [-0.4, -0.2) is 20.5 Å². The fourth-order valence-electron chi connectivity index (χ4n) is 1.89. The van der Waals surface area contributed by atoms with Crippen molar-refractivity contribution in [3.05, 3.63) is 39.5 Å². The highest BCUT2D eigenvalue weighted by Gasteiger charge is 2.24. The Bertz CT molecular complexity index is 709. The molecule has 0 aromatic carbocycles.